The standard InChI is InChI=1S/2C19H18O/c2*1-11-8-12-9-15-13-6-4-5-7-16(13)19(2,3)17(15)10-14(12)18(11)20/h2*4-7,9-11H,8H2,1-3H3. The van der Waals surface area contributed by atoms with Crippen molar-refractivity contribution in [3.05, 3.63) is 117 Å². The van der Waals surface area contributed by atoms with E-state index in [1.54, 1.807) is 0 Å². The molecular weight excluding hydrogens is 488 g/mol. The molecule has 8 rings (SSSR count). The van der Waals surface area contributed by atoms with Gasteiger partial charge in [-0.1, -0.05) is 102 Å². The SMILES string of the molecule is CC1Cc2cc3c(cc2C1=O)C(C)(C)c1ccccc1-3.CC1Cc2cc3c(cc2C1=O)C(C)(C)c1ccccc1-3. The van der Waals surface area contributed by atoms with E-state index in [1.165, 1.54) is 55.6 Å². The van der Waals surface area contributed by atoms with E-state index in [1.807, 2.05) is 13.8 Å². The van der Waals surface area contributed by atoms with Crippen molar-refractivity contribution in [1.29, 1.82) is 0 Å². The van der Waals surface area contributed by atoms with Gasteiger partial charge in [-0.2, -0.15) is 0 Å². The average molecular weight is 525 g/mol. The monoisotopic (exact) mass is 524 g/mol. The van der Waals surface area contributed by atoms with Gasteiger partial charge in [-0.25, -0.2) is 0 Å². The molecule has 2 nitrogen and oxygen atoms in total. The Labute approximate surface area is 237 Å². The number of ketones is 2. The van der Waals surface area contributed by atoms with Crippen LogP contribution in [-0.4, -0.2) is 11.6 Å². The maximum atomic E-state index is 12.3. The Morgan fingerprint density at radius 2 is 0.875 bits per heavy atom. The number of hydrogen-bond acceptors (Lipinski definition) is 2. The predicted octanol–water partition coefficient (Wildman–Crippen LogP) is 8.74. The summed E-state index contributed by atoms with van der Waals surface area (Å²) in [7, 11) is 0. The number of Topliss-reactive ketones (excluding diaryl/α,β-unsaturated/α-hetero) is 2. The molecule has 0 amide bonds. The van der Waals surface area contributed by atoms with Crippen molar-refractivity contribution in [2.45, 2.75) is 65.2 Å². The van der Waals surface area contributed by atoms with Gasteiger partial charge in [0.1, 0.15) is 0 Å². The lowest BCUT2D eigenvalue weighted by atomic mass is 9.81. The van der Waals surface area contributed by atoms with Crippen LogP contribution in [0, 0.1) is 11.8 Å². The first-order valence-corrected chi connectivity index (χ1v) is 14.6. The molecule has 2 heteroatoms. The van der Waals surface area contributed by atoms with Crippen molar-refractivity contribution < 1.29 is 9.59 Å². The molecule has 2 atom stereocenters. The smallest absolute Gasteiger partial charge is 0.166 e. The Bertz CT molecular complexity index is 1640. The van der Waals surface area contributed by atoms with E-state index >= 15 is 0 Å². The Kier molecular flexibility index (Phi) is 5.27. The molecule has 200 valence electrons. The minimum absolute atomic E-state index is 0.00688. The van der Waals surface area contributed by atoms with Crippen molar-refractivity contribution in [2.75, 3.05) is 0 Å². The summed E-state index contributed by atoms with van der Waals surface area (Å²) in [6.45, 7) is 13.1. The second kappa shape index (κ2) is 8.36. The van der Waals surface area contributed by atoms with Crippen molar-refractivity contribution in [3.63, 3.8) is 0 Å². The first-order valence-electron chi connectivity index (χ1n) is 14.6. The molecule has 2 unspecified atom stereocenters. The molecule has 0 saturated heterocycles. The van der Waals surface area contributed by atoms with Crippen LogP contribution in [0.5, 0.6) is 0 Å². The Hall–Kier alpha value is -3.78. The highest BCUT2D eigenvalue weighted by Gasteiger charge is 2.39. The molecular formula is C38H36O2. The van der Waals surface area contributed by atoms with Gasteiger partial charge in [0.05, 0.1) is 0 Å². The highest BCUT2D eigenvalue weighted by molar-refractivity contribution is 6.04. The zero-order valence-electron chi connectivity index (χ0n) is 24.3. The van der Waals surface area contributed by atoms with Crippen LogP contribution in [-0.2, 0) is 23.7 Å². The number of rotatable bonds is 0. The normalized spacial score (nSPS) is 21.6. The zero-order valence-corrected chi connectivity index (χ0v) is 24.3. The molecule has 0 heterocycles. The Balaban J connectivity index is 0.000000132. The molecule has 0 N–H and O–H groups in total. The lowest BCUT2D eigenvalue weighted by molar-refractivity contribution is 0.0939. The minimum atomic E-state index is -0.00688. The Morgan fingerprint density at radius 1 is 0.500 bits per heavy atom. The molecule has 40 heavy (non-hydrogen) atoms. The molecule has 0 spiro atoms. The summed E-state index contributed by atoms with van der Waals surface area (Å²) in [6, 6.07) is 26.1. The predicted molar refractivity (Wildman–Crippen MR) is 162 cm³/mol. The fraction of sp³-hybridized carbons (Fsp3) is 0.316. The van der Waals surface area contributed by atoms with Crippen molar-refractivity contribution in [1.82, 2.24) is 0 Å². The van der Waals surface area contributed by atoms with E-state index in [4.69, 9.17) is 0 Å². The summed E-state index contributed by atoms with van der Waals surface area (Å²) >= 11 is 0. The van der Waals surface area contributed by atoms with E-state index in [0.717, 1.165) is 24.0 Å². The van der Waals surface area contributed by atoms with Gasteiger partial charge in [-0.3, -0.25) is 9.59 Å². The number of hydrogen-bond donors (Lipinski definition) is 0. The average Bonchev–Trinajstić information content (AvgIpc) is 3.54. The van der Waals surface area contributed by atoms with Gasteiger partial charge >= 0.3 is 0 Å². The largest absolute Gasteiger partial charge is 0.294 e. The van der Waals surface area contributed by atoms with Crippen molar-refractivity contribution in [2.24, 2.45) is 11.8 Å². The summed E-state index contributed by atoms with van der Waals surface area (Å²) < 4.78 is 0. The first-order chi connectivity index (χ1) is 19.0. The third kappa shape index (κ3) is 3.35. The van der Waals surface area contributed by atoms with E-state index in [2.05, 4.69) is 100 Å². The summed E-state index contributed by atoms with van der Waals surface area (Å²) in [5, 5.41) is 0. The molecule has 4 aliphatic carbocycles. The van der Waals surface area contributed by atoms with Gasteiger partial charge in [0.25, 0.3) is 0 Å². The molecule has 0 bridgehead atoms. The van der Waals surface area contributed by atoms with Gasteiger partial charge in [0, 0.05) is 33.8 Å². The molecule has 0 aromatic heterocycles. The zero-order chi connectivity index (χ0) is 28.1. The Morgan fingerprint density at radius 3 is 1.27 bits per heavy atom. The van der Waals surface area contributed by atoms with Gasteiger partial charge in [0.15, 0.2) is 11.6 Å². The second-order valence-electron chi connectivity index (χ2n) is 13.4. The summed E-state index contributed by atoms with van der Waals surface area (Å²) in [6.07, 6.45) is 1.79. The second-order valence-corrected chi connectivity index (χ2v) is 13.4. The molecule has 0 radical (unpaired) electrons. The van der Waals surface area contributed by atoms with Crippen LogP contribution in [0.2, 0.25) is 0 Å². The van der Waals surface area contributed by atoms with Crippen molar-refractivity contribution in [3.8, 4) is 22.3 Å². The molecule has 0 aliphatic heterocycles. The highest BCUT2D eigenvalue weighted by atomic mass is 16.1. The topological polar surface area (TPSA) is 34.1 Å². The van der Waals surface area contributed by atoms with Gasteiger partial charge in [0.2, 0.25) is 0 Å². The van der Waals surface area contributed by atoms with Crippen molar-refractivity contribution >= 4 is 11.6 Å². The van der Waals surface area contributed by atoms with Crippen LogP contribution in [0.3, 0.4) is 0 Å². The van der Waals surface area contributed by atoms with Crippen LogP contribution in [0.1, 0.15) is 95.6 Å². The third-order valence-corrected chi connectivity index (χ3v) is 10.1. The minimum Gasteiger partial charge on any atom is -0.294 e. The van der Waals surface area contributed by atoms with E-state index in [0.29, 0.717) is 11.6 Å². The van der Waals surface area contributed by atoms with Crippen LogP contribution >= 0.6 is 0 Å². The van der Waals surface area contributed by atoms with E-state index in [-0.39, 0.29) is 22.7 Å². The summed E-state index contributed by atoms with van der Waals surface area (Å²) in [4.78, 5) is 24.6. The summed E-state index contributed by atoms with van der Waals surface area (Å²) in [5.74, 6) is 0.917. The summed E-state index contributed by atoms with van der Waals surface area (Å²) in [5.41, 5.74) is 15.0. The van der Waals surface area contributed by atoms with Gasteiger partial charge < -0.3 is 0 Å². The van der Waals surface area contributed by atoms with Gasteiger partial charge in [-0.15, -0.1) is 0 Å². The number of benzene rings is 4. The fourth-order valence-corrected chi connectivity index (χ4v) is 7.76. The fourth-order valence-electron chi connectivity index (χ4n) is 7.76. The molecule has 4 aromatic rings. The van der Waals surface area contributed by atoms with E-state index < -0.39 is 0 Å². The van der Waals surface area contributed by atoms with Crippen LogP contribution in [0.15, 0.2) is 72.8 Å². The highest BCUT2D eigenvalue weighted by Crippen LogP contribution is 2.51. The lowest BCUT2D eigenvalue weighted by Gasteiger charge is -2.21. The number of carbonyl (C=O) groups is 2. The van der Waals surface area contributed by atoms with Crippen LogP contribution in [0.4, 0.5) is 0 Å². The van der Waals surface area contributed by atoms with Gasteiger partial charge in [-0.05, 0) is 80.6 Å². The maximum absolute atomic E-state index is 12.3. The van der Waals surface area contributed by atoms with Crippen LogP contribution in [0.25, 0.3) is 22.3 Å². The van der Waals surface area contributed by atoms with Crippen LogP contribution < -0.4 is 0 Å². The third-order valence-electron chi connectivity index (χ3n) is 10.1. The molecule has 0 saturated carbocycles. The number of fused-ring (bicyclic) bond motifs is 8. The van der Waals surface area contributed by atoms with E-state index in [9.17, 15) is 9.59 Å². The maximum Gasteiger partial charge on any atom is 0.166 e. The number of carbonyl (C=O) groups excluding carboxylic acids is 2. The quantitative estimate of drug-likeness (QED) is 0.230. The molecule has 4 aliphatic rings. The first kappa shape index (κ1) is 25.2. The lowest BCUT2D eigenvalue weighted by Crippen LogP contribution is -2.15. The molecule has 4 aromatic carbocycles. The molecule has 0 fully saturated rings.